The molecule has 24 heavy (non-hydrogen) atoms. The van der Waals surface area contributed by atoms with Crippen molar-refractivity contribution >= 4 is 0 Å². The minimum Gasteiger partial charge on any atom is -0.508 e. The third-order valence-electron chi connectivity index (χ3n) is 4.85. The van der Waals surface area contributed by atoms with Gasteiger partial charge in [-0.1, -0.05) is 91.8 Å². The van der Waals surface area contributed by atoms with E-state index in [1.165, 1.54) is 16.7 Å². The number of hydrogen-bond acceptors (Lipinski definition) is 1. The Balaban J connectivity index is 2.86. The lowest BCUT2D eigenvalue weighted by Gasteiger charge is -2.38. The predicted molar refractivity (Wildman–Crippen MR) is 104 cm³/mol. The first-order chi connectivity index (χ1) is 10.9. The number of hydrogen-bond donors (Lipinski definition) is 1. The molecule has 2 rings (SSSR count). The van der Waals surface area contributed by atoms with E-state index in [1.54, 1.807) is 0 Å². The van der Waals surface area contributed by atoms with Crippen LogP contribution in [0.15, 0.2) is 42.5 Å². The Bertz CT molecular complexity index is 710. The van der Waals surface area contributed by atoms with Gasteiger partial charge in [0.25, 0.3) is 0 Å². The highest BCUT2D eigenvalue weighted by Crippen LogP contribution is 2.46. The van der Waals surface area contributed by atoms with Crippen molar-refractivity contribution in [2.24, 2.45) is 0 Å². The molecule has 2 aromatic rings. The average Bonchev–Trinajstić information content (AvgIpc) is 2.45. The fraction of sp³-hybridized carbons (Fsp3) is 0.478. The number of phenols is 1. The van der Waals surface area contributed by atoms with E-state index in [2.05, 4.69) is 91.8 Å². The third-order valence-corrected chi connectivity index (χ3v) is 4.85. The van der Waals surface area contributed by atoms with Crippen LogP contribution in [0.1, 0.15) is 77.6 Å². The van der Waals surface area contributed by atoms with Gasteiger partial charge in [-0.3, -0.25) is 0 Å². The van der Waals surface area contributed by atoms with Crippen molar-refractivity contribution < 1.29 is 5.11 Å². The zero-order valence-electron chi connectivity index (χ0n) is 16.5. The molecule has 0 aliphatic carbocycles. The molecule has 0 saturated carbocycles. The molecule has 0 heterocycles. The molecule has 0 atom stereocenters. The first-order valence-corrected chi connectivity index (χ1v) is 8.79. The Morgan fingerprint density at radius 2 is 1.12 bits per heavy atom. The minimum atomic E-state index is -0.127. The molecule has 130 valence electrons. The molecule has 0 radical (unpaired) electrons. The van der Waals surface area contributed by atoms with Gasteiger partial charge in [-0.05, 0) is 33.6 Å². The molecule has 0 unspecified atom stereocenters. The van der Waals surface area contributed by atoms with Crippen molar-refractivity contribution in [1.29, 1.82) is 0 Å². The van der Waals surface area contributed by atoms with Gasteiger partial charge in [0, 0.05) is 11.0 Å². The molecule has 0 fully saturated rings. The molecule has 2 aromatic carbocycles. The molecule has 0 spiro atoms. The molecule has 0 amide bonds. The maximum atomic E-state index is 10.7. The monoisotopic (exact) mass is 324 g/mol. The van der Waals surface area contributed by atoms with Gasteiger partial charge in [0.1, 0.15) is 5.75 Å². The standard InChI is InChI=1S/C23H32O/c1-21(2,3)19-17(14-15-18(24)20(19)22(4,5)6)23(7,8)16-12-10-9-11-13-16/h9-15,24H,1-8H3. The van der Waals surface area contributed by atoms with Gasteiger partial charge >= 0.3 is 0 Å². The first-order valence-electron chi connectivity index (χ1n) is 8.79. The smallest absolute Gasteiger partial charge is 0.119 e. The molecule has 0 bridgehead atoms. The fourth-order valence-corrected chi connectivity index (χ4v) is 3.66. The van der Waals surface area contributed by atoms with Crippen molar-refractivity contribution in [3.8, 4) is 5.75 Å². The van der Waals surface area contributed by atoms with Crippen LogP contribution in [0.25, 0.3) is 0 Å². The summed E-state index contributed by atoms with van der Waals surface area (Å²) >= 11 is 0. The first kappa shape index (κ1) is 18.6. The normalized spacial score (nSPS) is 13.2. The lowest BCUT2D eigenvalue weighted by molar-refractivity contribution is 0.430. The highest BCUT2D eigenvalue weighted by Gasteiger charge is 2.35. The summed E-state index contributed by atoms with van der Waals surface area (Å²) in [6.45, 7) is 17.8. The summed E-state index contributed by atoms with van der Waals surface area (Å²) in [7, 11) is 0. The van der Waals surface area contributed by atoms with Crippen LogP contribution < -0.4 is 0 Å². The predicted octanol–water partition coefficient (Wildman–Crippen LogP) is 6.31. The van der Waals surface area contributed by atoms with Gasteiger partial charge < -0.3 is 5.11 Å². The van der Waals surface area contributed by atoms with Crippen LogP contribution in [0.5, 0.6) is 5.75 Å². The van der Waals surface area contributed by atoms with Gasteiger partial charge in [0.2, 0.25) is 0 Å². The SMILES string of the molecule is CC(C)(C)c1c(O)ccc(C(C)(C)c2ccccc2)c1C(C)(C)C. The van der Waals surface area contributed by atoms with E-state index < -0.39 is 0 Å². The summed E-state index contributed by atoms with van der Waals surface area (Å²) in [6.07, 6.45) is 0. The van der Waals surface area contributed by atoms with Crippen molar-refractivity contribution in [3.63, 3.8) is 0 Å². The van der Waals surface area contributed by atoms with Crippen molar-refractivity contribution in [3.05, 3.63) is 64.7 Å². The Morgan fingerprint density at radius 1 is 0.625 bits per heavy atom. The Hall–Kier alpha value is -1.76. The van der Waals surface area contributed by atoms with E-state index in [0.717, 1.165) is 5.56 Å². The number of phenolic OH excluding ortho intramolecular Hbond substituents is 1. The maximum Gasteiger partial charge on any atom is 0.119 e. The second kappa shape index (κ2) is 5.95. The van der Waals surface area contributed by atoms with Gasteiger partial charge in [-0.25, -0.2) is 0 Å². The van der Waals surface area contributed by atoms with E-state index in [1.807, 2.05) is 6.07 Å². The Morgan fingerprint density at radius 3 is 1.58 bits per heavy atom. The topological polar surface area (TPSA) is 20.2 Å². The van der Waals surface area contributed by atoms with Gasteiger partial charge in [0.15, 0.2) is 0 Å². The number of benzene rings is 2. The molecule has 1 heteroatoms. The summed E-state index contributed by atoms with van der Waals surface area (Å²) in [5.41, 5.74) is 4.63. The zero-order chi connectivity index (χ0) is 18.3. The van der Waals surface area contributed by atoms with Crippen LogP contribution in [-0.4, -0.2) is 5.11 Å². The lowest BCUT2D eigenvalue weighted by atomic mass is 9.66. The molecule has 0 aliphatic rings. The van der Waals surface area contributed by atoms with E-state index in [0.29, 0.717) is 5.75 Å². The Labute approximate surface area is 147 Å². The van der Waals surface area contributed by atoms with E-state index in [-0.39, 0.29) is 16.2 Å². The summed E-state index contributed by atoms with van der Waals surface area (Å²) in [5, 5.41) is 10.7. The van der Waals surface area contributed by atoms with Crippen LogP contribution in [0.4, 0.5) is 0 Å². The summed E-state index contributed by atoms with van der Waals surface area (Å²) in [5.74, 6) is 0.403. The summed E-state index contributed by atoms with van der Waals surface area (Å²) < 4.78 is 0. The van der Waals surface area contributed by atoms with Crippen molar-refractivity contribution in [2.75, 3.05) is 0 Å². The van der Waals surface area contributed by atoms with Crippen LogP contribution in [0.2, 0.25) is 0 Å². The second-order valence-corrected chi connectivity index (χ2v) is 9.37. The van der Waals surface area contributed by atoms with Crippen LogP contribution in [-0.2, 0) is 16.2 Å². The molecule has 0 saturated heterocycles. The molecule has 0 aliphatic heterocycles. The van der Waals surface area contributed by atoms with E-state index >= 15 is 0 Å². The largest absolute Gasteiger partial charge is 0.508 e. The third kappa shape index (κ3) is 3.36. The quantitative estimate of drug-likeness (QED) is 0.686. The molecular formula is C23H32O. The van der Waals surface area contributed by atoms with Crippen molar-refractivity contribution in [1.82, 2.24) is 0 Å². The maximum absolute atomic E-state index is 10.7. The number of rotatable bonds is 2. The van der Waals surface area contributed by atoms with E-state index in [9.17, 15) is 5.11 Å². The van der Waals surface area contributed by atoms with Gasteiger partial charge in [-0.15, -0.1) is 0 Å². The average molecular weight is 325 g/mol. The molecule has 1 N–H and O–H groups in total. The lowest BCUT2D eigenvalue weighted by Crippen LogP contribution is -2.30. The minimum absolute atomic E-state index is 0.0528. The zero-order valence-corrected chi connectivity index (χ0v) is 16.5. The summed E-state index contributed by atoms with van der Waals surface area (Å²) in [6, 6.07) is 14.6. The highest BCUT2D eigenvalue weighted by molar-refractivity contribution is 5.55. The van der Waals surface area contributed by atoms with Crippen LogP contribution >= 0.6 is 0 Å². The Kier molecular flexibility index (Phi) is 4.61. The summed E-state index contributed by atoms with van der Waals surface area (Å²) in [4.78, 5) is 0. The number of aromatic hydroxyl groups is 1. The second-order valence-electron chi connectivity index (χ2n) is 9.37. The highest BCUT2D eigenvalue weighted by atomic mass is 16.3. The fourth-order valence-electron chi connectivity index (χ4n) is 3.66. The van der Waals surface area contributed by atoms with Gasteiger partial charge in [0.05, 0.1) is 0 Å². The van der Waals surface area contributed by atoms with Crippen LogP contribution in [0, 0.1) is 0 Å². The van der Waals surface area contributed by atoms with Crippen LogP contribution in [0.3, 0.4) is 0 Å². The van der Waals surface area contributed by atoms with Crippen molar-refractivity contribution in [2.45, 2.75) is 71.6 Å². The molecule has 1 nitrogen and oxygen atoms in total. The molecular weight excluding hydrogens is 292 g/mol. The molecule has 0 aromatic heterocycles. The van der Waals surface area contributed by atoms with E-state index in [4.69, 9.17) is 0 Å². The van der Waals surface area contributed by atoms with Gasteiger partial charge in [-0.2, -0.15) is 0 Å².